The topological polar surface area (TPSA) is 60.5 Å². The van der Waals surface area contributed by atoms with Gasteiger partial charge < -0.3 is 14.8 Å². The van der Waals surface area contributed by atoms with E-state index in [9.17, 15) is 4.79 Å². The molecule has 0 bridgehead atoms. The van der Waals surface area contributed by atoms with Crippen LogP contribution in [0.15, 0.2) is 42.6 Å². The second-order valence-electron chi connectivity index (χ2n) is 4.31. The predicted octanol–water partition coefficient (Wildman–Crippen LogP) is 3.05. The fourth-order valence-electron chi connectivity index (χ4n) is 1.81. The van der Waals surface area contributed by atoms with Gasteiger partial charge in [0.05, 0.1) is 25.0 Å². The Balaban J connectivity index is 2.19. The quantitative estimate of drug-likeness (QED) is 0.676. The largest absolute Gasteiger partial charge is 0.481 e. The molecule has 22 heavy (non-hydrogen) atoms. The molecule has 1 N–H and O–H groups in total. The lowest BCUT2D eigenvalue weighted by Gasteiger charge is -2.12. The van der Waals surface area contributed by atoms with E-state index in [4.69, 9.17) is 21.7 Å². The van der Waals surface area contributed by atoms with E-state index in [1.807, 2.05) is 6.07 Å². The van der Waals surface area contributed by atoms with Crippen LogP contribution in [0, 0.1) is 0 Å². The smallest absolute Gasteiger partial charge is 0.340 e. The highest BCUT2D eigenvalue weighted by molar-refractivity contribution is 7.81. The zero-order chi connectivity index (χ0) is 15.9. The van der Waals surface area contributed by atoms with Crippen LogP contribution >= 0.6 is 12.2 Å². The first kappa shape index (κ1) is 15.9. The lowest BCUT2D eigenvalue weighted by atomic mass is 10.1. The van der Waals surface area contributed by atoms with Crippen molar-refractivity contribution in [3.63, 3.8) is 0 Å². The summed E-state index contributed by atoms with van der Waals surface area (Å²) in [6.07, 6.45) is 1.61. The number of carbonyl (C=O) groups excluding carboxylic acids is 1. The van der Waals surface area contributed by atoms with Crippen LogP contribution in [-0.2, 0) is 4.74 Å². The van der Waals surface area contributed by atoms with E-state index < -0.39 is 0 Å². The molecule has 5 nitrogen and oxygen atoms in total. The Morgan fingerprint density at radius 2 is 2.05 bits per heavy atom. The van der Waals surface area contributed by atoms with E-state index in [1.54, 1.807) is 50.6 Å². The van der Waals surface area contributed by atoms with Crippen LogP contribution in [-0.4, -0.2) is 29.7 Å². The summed E-state index contributed by atoms with van der Waals surface area (Å²) in [5.41, 5.74) is 1.77. The molecular weight excluding hydrogens is 300 g/mol. The van der Waals surface area contributed by atoms with Crippen molar-refractivity contribution in [1.29, 1.82) is 0 Å². The normalized spacial score (nSPS) is 9.91. The molecule has 2 aromatic rings. The highest BCUT2D eigenvalue weighted by atomic mass is 32.1. The number of hydrogen-bond donors (Lipinski definition) is 1. The lowest BCUT2D eigenvalue weighted by molar-refractivity contribution is 0.0527. The van der Waals surface area contributed by atoms with Crippen molar-refractivity contribution < 1.29 is 14.3 Å². The molecule has 0 aliphatic carbocycles. The summed E-state index contributed by atoms with van der Waals surface area (Å²) in [4.78, 5) is 16.5. The van der Waals surface area contributed by atoms with Gasteiger partial charge in [-0.1, -0.05) is 24.4 Å². The van der Waals surface area contributed by atoms with Gasteiger partial charge >= 0.3 is 5.97 Å². The van der Waals surface area contributed by atoms with Gasteiger partial charge in [0.2, 0.25) is 5.88 Å². The second-order valence-corrected chi connectivity index (χ2v) is 4.72. The SMILES string of the molecule is CCOC(=O)c1ccccc1NC(=S)c1ccc(OC)nc1. The molecule has 0 aliphatic rings. The summed E-state index contributed by atoms with van der Waals surface area (Å²) in [5, 5.41) is 3.05. The third-order valence-electron chi connectivity index (χ3n) is 2.88. The molecule has 1 heterocycles. The fraction of sp³-hybridized carbons (Fsp3) is 0.188. The van der Waals surface area contributed by atoms with E-state index in [1.165, 1.54) is 0 Å². The van der Waals surface area contributed by atoms with Crippen molar-refractivity contribution >= 4 is 28.9 Å². The number of hydrogen-bond acceptors (Lipinski definition) is 5. The van der Waals surface area contributed by atoms with Crippen LogP contribution in [0.5, 0.6) is 5.88 Å². The first-order valence-electron chi connectivity index (χ1n) is 6.73. The average molecular weight is 316 g/mol. The predicted molar refractivity (Wildman–Crippen MR) is 88.5 cm³/mol. The van der Waals surface area contributed by atoms with Gasteiger partial charge in [0.15, 0.2) is 0 Å². The number of thiocarbonyl (C=S) groups is 1. The number of methoxy groups -OCH3 is 1. The van der Waals surface area contributed by atoms with Gasteiger partial charge in [-0.25, -0.2) is 9.78 Å². The zero-order valence-corrected chi connectivity index (χ0v) is 13.1. The number of para-hydroxylation sites is 1. The number of anilines is 1. The van der Waals surface area contributed by atoms with Crippen LogP contribution in [0.4, 0.5) is 5.69 Å². The minimum Gasteiger partial charge on any atom is -0.481 e. The van der Waals surface area contributed by atoms with Crippen LogP contribution < -0.4 is 10.1 Å². The Labute approximate surface area is 134 Å². The number of aromatic nitrogens is 1. The molecule has 6 heteroatoms. The van der Waals surface area contributed by atoms with Gasteiger partial charge in [-0.3, -0.25) is 0 Å². The Bertz CT molecular complexity index is 671. The molecule has 1 aromatic heterocycles. The standard InChI is InChI=1S/C16H16N2O3S/c1-3-21-16(19)12-6-4-5-7-13(12)18-15(22)11-8-9-14(20-2)17-10-11/h4-10H,3H2,1-2H3,(H,18,22). The van der Waals surface area contributed by atoms with Gasteiger partial charge in [-0.05, 0) is 25.1 Å². The molecule has 1 aromatic carbocycles. The zero-order valence-electron chi connectivity index (χ0n) is 12.3. The third kappa shape index (κ3) is 3.79. The summed E-state index contributed by atoms with van der Waals surface area (Å²) in [6.45, 7) is 2.08. The van der Waals surface area contributed by atoms with Gasteiger partial charge in [0.25, 0.3) is 0 Å². The maximum absolute atomic E-state index is 11.9. The molecule has 0 saturated carbocycles. The molecular formula is C16H16N2O3S. The molecule has 0 aliphatic heterocycles. The fourth-order valence-corrected chi connectivity index (χ4v) is 2.04. The average Bonchev–Trinajstić information content (AvgIpc) is 2.55. The molecule has 0 atom stereocenters. The molecule has 2 rings (SSSR count). The molecule has 114 valence electrons. The Hall–Kier alpha value is -2.47. The Morgan fingerprint density at radius 3 is 2.68 bits per heavy atom. The second kappa shape index (κ2) is 7.51. The van der Waals surface area contributed by atoms with Crippen molar-refractivity contribution in [3.05, 3.63) is 53.7 Å². The van der Waals surface area contributed by atoms with E-state index in [0.29, 0.717) is 28.7 Å². The van der Waals surface area contributed by atoms with Crippen molar-refractivity contribution in [2.75, 3.05) is 19.0 Å². The molecule has 0 fully saturated rings. The van der Waals surface area contributed by atoms with E-state index >= 15 is 0 Å². The summed E-state index contributed by atoms with van der Waals surface area (Å²) in [7, 11) is 1.55. The Morgan fingerprint density at radius 1 is 1.27 bits per heavy atom. The van der Waals surface area contributed by atoms with Crippen molar-refractivity contribution in [2.24, 2.45) is 0 Å². The van der Waals surface area contributed by atoms with Gasteiger partial charge in [0, 0.05) is 17.8 Å². The number of pyridine rings is 1. The van der Waals surface area contributed by atoms with E-state index in [-0.39, 0.29) is 5.97 Å². The summed E-state index contributed by atoms with van der Waals surface area (Å²) in [5.74, 6) is 0.125. The van der Waals surface area contributed by atoms with Crippen LogP contribution in [0.3, 0.4) is 0 Å². The minimum absolute atomic E-state index is 0.319. The number of rotatable bonds is 5. The van der Waals surface area contributed by atoms with Crippen molar-refractivity contribution in [1.82, 2.24) is 4.98 Å². The Kier molecular flexibility index (Phi) is 5.43. The van der Waals surface area contributed by atoms with Crippen molar-refractivity contribution in [2.45, 2.75) is 6.92 Å². The maximum Gasteiger partial charge on any atom is 0.340 e. The maximum atomic E-state index is 11.9. The first-order valence-corrected chi connectivity index (χ1v) is 7.14. The van der Waals surface area contributed by atoms with Gasteiger partial charge in [-0.15, -0.1) is 0 Å². The molecule has 0 spiro atoms. The number of benzene rings is 1. The van der Waals surface area contributed by atoms with E-state index in [0.717, 1.165) is 5.56 Å². The number of carbonyl (C=O) groups is 1. The van der Waals surface area contributed by atoms with Crippen LogP contribution in [0.25, 0.3) is 0 Å². The third-order valence-corrected chi connectivity index (χ3v) is 3.22. The summed E-state index contributed by atoms with van der Waals surface area (Å²) >= 11 is 5.35. The first-order chi connectivity index (χ1) is 10.7. The number of nitrogens with zero attached hydrogens (tertiary/aromatic N) is 1. The highest BCUT2D eigenvalue weighted by Gasteiger charge is 2.13. The number of esters is 1. The van der Waals surface area contributed by atoms with Crippen LogP contribution in [0.2, 0.25) is 0 Å². The minimum atomic E-state index is -0.388. The number of nitrogens with one attached hydrogen (secondary N) is 1. The molecule has 0 amide bonds. The van der Waals surface area contributed by atoms with E-state index in [2.05, 4.69) is 10.3 Å². The number of ether oxygens (including phenoxy) is 2. The van der Waals surface area contributed by atoms with Crippen molar-refractivity contribution in [3.8, 4) is 5.88 Å². The summed E-state index contributed by atoms with van der Waals surface area (Å²) in [6, 6.07) is 10.6. The van der Waals surface area contributed by atoms with Crippen LogP contribution in [0.1, 0.15) is 22.8 Å². The van der Waals surface area contributed by atoms with Gasteiger partial charge in [-0.2, -0.15) is 0 Å². The van der Waals surface area contributed by atoms with Gasteiger partial charge in [0.1, 0.15) is 4.99 Å². The molecule has 0 unspecified atom stereocenters. The highest BCUT2D eigenvalue weighted by Crippen LogP contribution is 2.18. The summed E-state index contributed by atoms with van der Waals surface area (Å²) < 4.78 is 10.0. The lowest BCUT2D eigenvalue weighted by Crippen LogP contribution is -2.15. The molecule has 0 saturated heterocycles. The molecule has 0 radical (unpaired) electrons. The monoisotopic (exact) mass is 316 g/mol.